The molecule has 0 bridgehead atoms. The second-order valence-corrected chi connectivity index (χ2v) is 5.92. The van der Waals surface area contributed by atoms with Crippen LogP contribution in [0.5, 0.6) is 11.6 Å². The zero-order valence-corrected chi connectivity index (χ0v) is 13.9. The van der Waals surface area contributed by atoms with Crippen molar-refractivity contribution >= 4 is 5.91 Å². The lowest BCUT2D eigenvalue weighted by molar-refractivity contribution is -0.147. The van der Waals surface area contributed by atoms with Gasteiger partial charge in [-0.15, -0.1) is 0 Å². The number of rotatable bonds is 5. The molecule has 1 aromatic carbocycles. The quantitative estimate of drug-likeness (QED) is 0.816. The van der Waals surface area contributed by atoms with Gasteiger partial charge >= 0.3 is 6.18 Å². The minimum absolute atomic E-state index is 0.106. The van der Waals surface area contributed by atoms with E-state index in [0.29, 0.717) is 5.75 Å². The minimum Gasteiger partial charge on any atom is -0.481 e. The number of hydrogen-bond donors (Lipinski definition) is 0. The number of ether oxygens (including phenoxy) is 2. The molecule has 1 aliphatic heterocycles. The Balaban J connectivity index is 1.50. The van der Waals surface area contributed by atoms with Crippen molar-refractivity contribution in [2.24, 2.45) is 0 Å². The van der Waals surface area contributed by atoms with Crippen LogP contribution in [0, 0.1) is 0 Å². The molecule has 1 amide bonds. The lowest BCUT2D eigenvalue weighted by Gasteiger charge is -2.39. The molecule has 5 nitrogen and oxygen atoms in total. The van der Waals surface area contributed by atoms with E-state index in [-0.39, 0.29) is 31.0 Å². The Morgan fingerprint density at radius 1 is 1.15 bits per heavy atom. The number of halogens is 3. The zero-order valence-electron chi connectivity index (χ0n) is 13.9. The third kappa shape index (κ3) is 4.25. The van der Waals surface area contributed by atoms with Gasteiger partial charge in [0.05, 0.1) is 13.1 Å². The van der Waals surface area contributed by atoms with E-state index in [0.717, 1.165) is 6.07 Å². The number of aromatic nitrogens is 1. The van der Waals surface area contributed by atoms with E-state index in [1.54, 1.807) is 19.1 Å². The first-order chi connectivity index (χ1) is 12.3. The lowest BCUT2D eigenvalue weighted by Crippen LogP contribution is -2.59. The molecule has 26 heavy (non-hydrogen) atoms. The van der Waals surface area contributed by atoms with Gasteiger partial charge in [0.15, 0.2) is 6.10 Å². The number of carbonyl (C=O) groups is 1. The number of benzene rings is 1. The summed E-state index contributed by atoms with van der Waals surface area (Å²) >= 11 is 0. The van der Waals surface area contributed by atoms with E-state index >= 15 is 0 Å². The molecule has 1 unspecified atom stereocenters. The monoisotopic (exact) mass is 366 g/mol. The Labute approximate surface area is 148 Å². The van der Waals surface area contributed by atoms with Gasteiger partial charge in [-0.25, -0.2) is 4.98 Å². The van der Waals surface area contributed by atoms with Crippen molar-refractivity contribution in [2.45, 2.75) is 25.3 Å². The molecule has 1 atom stereocenters. The van der Waals surface area contributed by atoms with Crippen LogP contribution in [0.15, 0.2) is 48.5 Å². The zero-order chi connectivity index (χ0) is 18.7. The van der Waals surface area contributed by atoms with E-state index in [4.69, 9.17) is 9.47 Å². The number of pyridine rings is 1. The standard InChI is InChI=1S/C18H17F3N2O3/c1-12(25-13-6-3-2-4-7-13)17(24)23-10-14(11-23)26-16-9-5-8-15(22-16)18(19,20)21/h2-9,12,14H,10-11H2,1H3. The fourth-order valence-corrected chi connectivity index (χ4v) is 2.51. The third-order valence-electron chi connectivity index (χ3n) is 3.86. The molecule has 2 heterocycles. The second kappa shape index (κ2) is 7.23. The van der Waals surface area contributed by atoms with E-state index in [1.807, 2.05) is 18.2 Å². The number of para-hydroxylation sites is 1. The molecule has 1 saturated heterocycles. The average Bonchev–Trinajstić information content (AvgIpc) is 2.57. The molecule has 0 saturated carbocycles. The minimum atomic E-state index is -4.52. The Kier molecular flexibility index (Phi) is 5.01. The first-order valence-corrected chi connectivity index (χ1v) is 8.04. The van der Waals surface area contributed by atoms with Crippen LogP contribution in [0.3, 0.4) is 0 Å². The summed E-state index contributed by atoms with van der Waals surface area (Å²) in [5.74, 6) is 0.283. The van der Waals surface area contributed by atoms with Crippen LogP contribution in [0.1, 0.15) is 12.6 Å². The highest BCUT2D eigenvalue weighted by molar-refractivity contribution is 5.81. The molecule has 0 aliphatic carbocycles. The maximum atomic E-state index is 12.7. The van der Waals surface area contributed by atoms with Gasteiger partial charge in [-0.05, 0) is 25.1 Å². The van der Waals surface area contributed by atoms with Crippen molar-refractivity contribution in [3.8, 4) is 11.6 Å². The fraction of sp³-hybridized carbons (Fsp3) is 0.333. The number of hydrogen-bond acceptors (Lipinski definition) is 4. The average molecular weight is 366 g/mol. The highest BCUT2D eigenvalue weighted by Crippen LogP contribution is 2.29. The predicted octanol–water partition coefficient (Wildman–Crippen LogP) is 3.16. The summed E-state index contributed by atoms with van der Waals surface area (Å²) < 4.78 is 48.9. The van der Waals surface area contributed by atoms with Crippen molar-refractivity contribution in [2.75, 3.05) is 13.1 Å². The van der Waals surface area contributed by atoms with Gasteiger partial charge in [0, 0.05) is 6.07 Å². The Bertz CT molecular complexity index is 762. The van der Waals surface area contributed by atoms with Crippen molar-refractivity contribution in [3.05, 3.63) is 54.2 Å². The van der Waals surface area contributed by atoms with Crippen molar-refractivity contribution in [1.29, 1.82) is 0 Å². The Morgan fingerprint density at radius 3 is 2.50 bits per heavy atom. The molecule has 1 fully saturated rings. The molecule has 0 N–H and O–H groups in total. The number of carbonyl (C=O) groups excluding carboxylic acids is 1. The summed E-state index contributed by atoms with van der Waals surface area (Å²) in [4.78, 5) is 17.3. The molecule has 1 aromatic heterocycles. The Hall–Kier alpha value is -2.77. The SMILES string of the molecule is CC(Oc1ccccc1)C(=O)N1CC(Oc2cccc(C(F)(F)F)n2)C1. The molecule has 1 aliphatic rings. The summed E-state index contributed by atoms with van der Waals surface area (Å²) in [6.45, 7) is 2.20. The molecule has 138 valence electrons. The van der Waals surface area contributed by atoms with Gasteiger partial charge in [-0.1, -0.05) is 24.3 Å². The van der Waals surface area contributed by atoms with Crippen LogP contribution in [0.4, 0.5) is 13.2 Å². The van der Waals surface area contributed by atoms with E-state index in [9.17, 15) is 18.0 Å². The maximum absolute atomic E-state index is 12.7. The lowest BCUT2D eigenvalue weighted by atomic mass is 10.1. The van der Waals surface area contributed by atoms with Gasteiger partial charge in [-0.2, -0.15) is 13.2 Å². The van der Waals surface area contributed by atoms with Gasteiger partial charge in [-0.3, -0.25) is 4.79 Å². The number of nitrogens with zero attached hydrogens (tertiary/aromatic N) is 2. The first kappa shape index (κ1) is 18.0. The topological polar surface area (TPSA) is 51.7 Å². The molecular formula is C18H17F3N2O3. The smallest absolute Gasteiger partial charge is 0.433 e. The molecule has 8 heteroatoms. The largest absolute Gasteiger partial charge is 0.481 e. The summed E-state index contributed by atoms with van der Waals surface area (Å²) in [7, 11) is 0. The van der Waals surface area contributed by atoms with Crippen molar-refractivity contribution in [3.63, 3.8) is 0 Å². The van der Waals surface area contributed by atoms with Gasteiger partial charge in [0.2, 0.25) is 5.88 Å². The maximum Gasteiger partial charge on any atom is 0.433 e. The summed E-state index contributed by atoms with van der Waals surface area (Å²) in [6, 6.07) is 12.5. The molecule has 0 spiro atoms. The van der Waals surface area contributed by atoms with Gasteiger partial charge in [0.1, 0.15) is 17.5 Å². The first-order valence-electron chi connectivity index (χ1n) is 8.04. The summed E-state index contributed by atoms with van der Waals surface area (Å²) in [5, 5.41) is 0. The fourth-order valence-electron chi connectivity index (χ4n) is 2.51. The summed E-state index contributed by atoms with van der Waals surface area (Å²) in [6.07, 6.45) is -5.57. The van der Waals surface area contributed by atoms with Crippen LogP contribution < -0.4 is 9.47 Å². The molecule has 2 aromatic rings. The second-order valence-electron chi connectivity index (χ2n) is 5.92. The number of amides is 1. The van der Waals surface area contributed by atoms with Gasteiger partial charge in [0.25, 0.3) is 5.91 Å². The molecular weight excluding hydrogens is 349 g/mol. The molecule has 3 rings (SSSR count). The van der Waals surface area contributed by atoms with Crippen LogP contribution in [-0.2, 0) is 11.0 Å². The van der Waals surface area contributed by atoms with Crippen LogP contribution in [-0.4, -0.2) is 41.1 Å². The van der Waals surface area contributed by atoms with E-state index in [1.165, 1.54) is 17.0 Å². The van der Waals surface area contributed by atoms with E-state index < -0.39 is 18.0 Å². The Morgan fingerprint density at radius 2 is 1.85 bits per heavy atom. The molecule has 0 radical (unpaired) electrons. The van der Waals surface area contributed by atoms with Crippen LogP contribution >= 0.6 is 0 Å². The van der Waals surface area contributed by atoms with Crippen molar-refractivity contribution in [1.82, 2.24) is 9.88 Å². The number of alkyl halides is 3. The van der Waals surface area contributed by atoms with Crippen molar-refractivity contribution < 1.29 is 27.4 Å². The van der Waals surface area contributed by atoms with E-state index in [2.05, 4.69) is 4.98 Å². The van der Waals surface area contributed by atoms with Crippen LogP contribution in [0.2, 0.25) is 0 Å². The van der Waals surface area contributed by atoms with Crippen LogP contribution in [0.25, 0.3) is 0 Å². The predicted molar refractivity (Wildman–Crippen MR) is 86.8 cm³/mol. The normalized spacial score (nSPS) is 15.9. The third-order valence-corrected chi connectivity index (χ3v) is 3.86. The highest BCUT2D eigenvalue weighted by Gasteiger charge is 2.36. The van der Waals surface area contributed by atoms with Gasteiger partial charge < -0.3 is 14.4 Å². The highest BCUT2D eigenvalue weighted by atomic mass is 19.4. The summed E-state index contributed by atoms with van der Waals surface area (Å²) in [5.41, 5.74) is -1.01. The number of likely N-dealkylation sites (tertiary alicyclic amines) is 1.